The van der Waals surface area contributed by atoms with Crippen molar-refractivity contribution in [1.29, 1.82) is 0 Å². The lowest BCUT2D eigenvalue weighted by molar-refractivity contribution is 0.0948. The molecule has 0 aromatic carbocycles. The van der Waals surface area contributed by atoms with Crippen molar-refractivity contribution in [2.45, 2.75) is 38.3 Å². The Kier molecular flexibility index (Phi) is 4.06. The molecule has 5 rings (SSSR count). The van der Waals surface area contributed by atoms with E-state index in [2.05, 4.69) is 15.3 Å². The minimum Gasteiger partial charge on any atom is -0.348 e. The van der Waals surface area contributed by atoms with Crippen LogP contribution < -0.4 is 5.32 Å². The lowest BCUT2D eigenvalue weighted by Crippen LogP contribution is -2.26. The van der Waals surface area contributed by atoms with E-state index < -0.39 is 9.84 Å². The fraction of sp³-hybridized carbons (Fsp3) is 0.421. The number of imidazole rings is 1. The second-order valence-electron chi connectivity index (χ2n) is 7.53. The second-order valence-corrected chi connectivity index (χ2v) is 10.7. The van der Waals surface area contributed by atoms with Gasteiger partial charge in [-0.3, -0.25) is 4.79 Å². The molecule has 1 atom stereocenters. The summed E-state index contributed by atoms with van der Waals surface area (Å²) < 4.78 is 26.0. The van der Waals surface area contributed by atoms with Crippen LogP contribution in [0.15, 0.2) is 23.6 Å². The highest BCUT2D eigenvalue weighted by Crippen LogP contribution is 2.33. The van der Waals surface area contributed by atoms with Gasteiger partial charge in [0.05, 0.1) is 33.6 Å². The molecule has 0 bridgehead atoms. The van der Waals surface area contributed by atoms with Gasteiger partial charge in [-0.2, -0.15) is 0 Å². The van der Waals surface area contributed by atoms with E-state index in [0.717, 1.165) is 23.2 Å². The number of aromatic nitrogens is 3. The van der Waals surface area contributed by atoms with Gasteiger partial charge >= 0.3 is 0 Å². The summed E-state index contributed by atoms with van der Waals surface area (Å²) in [5.41, 5.74) is 2.35. The summed E-state index contributed by atoms with van der Waals surface area (Å²) in [6.45, 7) is 1.86. The largest absolute Gasteiger partial charge is 0.348 e. The number of carbonyl (C=O) groups is 1. The molecule has 1 N–H and O–H groups in total. The zero-order valence-corrected chi connectivity index (χ0v) is 17.0. The zero-order chi connectivity index (χ0) is 19.5. The highest BCUT2D eigenvalue weighted by molar-refractivity contribution is 7.91. The number of nitrogens with zero attached hydrogens (tertiary/aromatic N) is 3. The molecule has 1 saturated heterocycles. The molecule has 0 spiro atoms. The number of hydrogen-bond acceptors (Lipinski definition) is 6. The van der Waals surface area contributed by atoms with E-state index in [1.165, 1.54) is 0 Å². The fourth-order valence-electron chi connectivity index (χ4n) is 3.84. The van der Waals surface area contributed by atoms with E-state index in [0.29, 0.717) is 29.1 Å². The molecule has 1 aliphatic heterocycles. The summed E-state index contributed by atoms with van der Waals surface area (Å²) in [5, 5.41) is 4.97. The van der Waals surface area contributed by atoms with E-state index in [9.17, 15) is 13.2 Å². The van der Waals surface area contributed by atoms with Gasteiger partial charge in [-0.15, -0.1) is 11.3 Å². The van der Waals surface area contributed by atoms with E-state index >= 15 is 0 Å². The van der Waals surface area contributed by atoms with Crippen LogP contribution in [-0.4, -0.2) is 46.4 Å². The second kappa shape index (κ2) is 6.38. The van der Waals surface area contributed by atoms with Crippen LogP contribution in [0, 0.1) is 6.92 Å². The van der Waals surface area contributed by atoms with Crippen molar-refractivity contribution >= 4 is 38.1 Å². The van der Waals surface area contributed by atoms with Gasteiger partial charge in [-0.25, -0.2) is 18.4 Å². The topological polar surface area (TPSA) is 93.9 Å². The molecular formula is C19H20N4O3S2. The summed E-state index contributed by atoms with van der Waals surface area (Å²) >= 11 is 1.56. The van der Waals surface area contributed by atoms with Gasteiger partial charge in [-0.05, 0) is 43.7 Å². The Bertz CT molecular complexity index is 1180. The van der Waals surface area contributed by atoms with E-state index in [1.54, 1.807) is 11.3 Å². The summed E-state index contributed by atoms with van der Waals surface area (Å²) in [4.78, 5) is 23.1. The Labute approximate surface area is 166 Å². The van der Waals surface area contributed by atoms with Gasteiger partial charge in [0, 0.05) is 6.04 Å². The zero-order valence-electron chi connectivity index (χ0n) is 15.4. The highest BCUT2D eigenvalue weighted by Gasteiger charge is 2.33. The van der Waals surface area contributed by atoms with E-state index in [-0.39, 0.29) is 29.5 Å². The Morgan fingerprint density at radius 2 is 2.11 bits per heavy atom. The van der Waals surface area contributed by atoms with E-state index in [1.807, 2.05) is 35.1 Å². The number of fused-ring (bicyclic) bond motifs is 1. The first-order valence-corrected chi connectivity index (χ1v) is 12.1. The third kappa shape index (κ3) is 3.12. The Morgan fingerprint density at radius 3 is 2.75 bits per heavy atom. The number of aryl methyl sites for hydroxylation is 1. The van der Waals surface area contributed by atoms with Gasteiger partial charge in [0.1, 0.15) is 11.3 Å². The maximum Gasteiger partial charge on any atom is 0.272 e. The highest BCUT2D eigenvalue weighted by atomic mass is 32.2. The van der Waals surface area contributed by atoms with Gasteiger partial charge in [0.25, 0.3) is 5.91 Å². The Balaban J connectivity index is 1.70. The van der Waals surface area contributed by atoms with Gasteiger partial charge < -0.3 is 9.88 Å². The number of rotatable bonds is 4. The molecule has 1 saturated carbocycles. The molecule has 28 heavy (non-hydrogen) atoms. The van der Waals surface area contributed by atoms with Crippen molar-refractivity contribution in [2.24, 2.45) is 0 Å². The molecule has 1 aliphatic carbocycles. The van der Waals surface area contributed by atoms with Gasteiger partial charge in [0.15, 0.2) is 15.5 Å². The fourth-order valence-corrected chi connectivity index (χ4v) is 6.22. The first kappa shape index (κ1) is 17.8. The maximum absolute atomic E-state index is 12.9. The number of nitrogens with one attached hydrogen (secondary N) is 1. The minimum atomic E-state index is -3.04. The monoisotopic (exact) mass is 416 g/mol. The smallest absolute Gasteiger partial charge is 0.272 e. The van der Waals surface area contributed by atoms with Crippen LogP contribution in [0.25, 0.3) is 21.6 Å². The van der Waals surface area contributed by atoms with Crippen molar-refractivity contribution in [3.63, 3.8) is 0 Å². The van der Waals surface area contributed by atoms with Gasteiger partial charge in [-0.1, -0.05) is 6.07 Å². The van der Waals surface area contributed by atoms with Crippen LogP contribution in [0.4, 0.5) is 0 Å². The van der Waals surface area contributed by atoms with E-state index in [4.69, 9.17) is 0 Å². The summed E-state index contributed by atoms with van der Waals surface area (Å²) in [7, 11) is -3.04. The number of hydrogen-bond donors (Lipinski definition) is 1. The van der Waals surface area contributed by atoms with Crippen molar-refractivity contribution in [1.82, 2.24) is 19.9 Å². The van der Waals surface area contributed by atoms with Crippen LogP contribution in [0.2, 0.25) is 0 Å². The molecule has 9 heteroatoms. The summed E-state index contributed by atoms with van der Waals surface area (Å²) in [5.74, 6) is 0.797. The molecule has 1 unspecified atom stereocenters. The molecule has 146 valence electrons. The van der Waals surface area contributed by atoms with Crippen molar-refractivity contribution in [2.75, 3.05) is 11.5 Å². The standard InChI is InChI=1S/C19H20N4O3S2/c1-11-20-17-15(23(11)13-6-8-28(25,26)10-13)9-14(16-3-2-7-27-16)22-18(17)19(24)21-12-4-5-12/h2-3,7,9,12-13H,4-6,8,10H2,1H3,(H,21,24). The number of thiophene rings is 1. The summed E-state index contributed by atoms with van der Waals surface area (Å²) in [6, 6.07) is 5.91. The quantitative estimate of drug-likeness (QED) is 0.706. The van der Waals surface area contributed by atoms with Crippen molar-refractivity contribution < 1.29 is 13.2 Å². The first-order valence-electron chi connectivity index (χ1n) is 9.36. The molecule has 3 aromatic rings. The average Bonchev–Trinajstić information content (AvgIpc) is 3.05. The van der Waals surface area contributed by atoms with Crippen LogP contribution >= 0.6 is 11.3 Å². The third-order valence-corrected chi connectivity index (χ3v) is 7.97. The summed E-state index contributed by atoms with van der Waals surface area (Å²) in [6.07, 6.45) is 2.55. The molecular weight excluding hydrogens is 396 g/mol. The minimum absolute atomic E-state index is 0.111. The van der Waals surface area contributed by atoms with Crippen molar-refractivity contribution in [3.8, 4) is 10.6 Å². The normalized spacial score (nSPS) is 21.2. The van der Waals surface area contributed by atoms with Crippen LogP contribution in [0.5, 0.6) is 0 Å². The lowest BCUT2D eigenvalue weighted by Gasteiger charge is -2.14. The maximum atomic E-state index is 12.9. The third-order valence-electron chi connectivity index (χ3n) is 5.33. The SMILES string of the molecule is Cc1nc2c(C(=O)NC3CC3)nc(-c3cccs3)cc2n1C1CCS(=O)(=O)C1. The molecule has 3 aromatic heterocycles. The lowest BCUT2D eigenvalue weighted by atomic mass is 10.2. The predicted octanol–water partition coefficient (Wildman–Crippen LogP) is 2.72. The number of amides is 1. The number of sulfone groups is 1. The van der Waals surface area contributed by atoms with Crippen LogP contribution in [-0.2, 0) is 9.84 Å². The first-order chi connectivity index (χ1) is 13.4. The average molecular weight is 417 g/mol. The van der Waals surface area contributed by atoms with Crippen molar-refractivity contribution in [3.05, 3.63) is 35.1 Å². The molecule has 2 fully saturated rings. The predicted molar refractivity (Wildman–Crippen MR) is 108 cm³/mol. The molecule has 1 amide bonds. The number of carbonyl (C=O) groups excluding carboxylic acids is 1. The molecule has 0 radical (unpaired) electrons. The molecule has 2 aliphatic rings. The molecule has 4 heterocycles. The Morgan fingerprint density at radius 1 is 1.29 bits per heavy atom. The van der Waals surface area contributed by atoms with Crippen LogP contribution in [0.3, 0.4) is 0 Å². The van der Waals surface area contributed by atoms with Gasteiger partial charge in [0.2, 0.25) is 0 Å². The Hall–Kier alpha value is -2.26. The molecule has 7 nitrogen and oxygen atoms in total. The van der Waals surface area contributed by atoms with Crippen LogP contribution in [0.1, 0.15) is 41.6 Å². The number of pyridine rings is 1.